The summed E-state index contributed by atoms with van der Waals surface area (Å²) in [5, 5.41) is 4.57. The van der Waals surface area contributed by atoms with Gasteiger partial charge in [-0.1, -0.05) is 13.8 Å². The molecule has 0 aliphatic heterocycles. The van der Waals surface area contributed by atoms with Gasteiger partial charge in [0.1, 0.15) is 5.82 Å². The smallest absolute Gasteiger partial charge is 0.162 e. The van der Waals surface area contributed by atoms with Crippen molar-refractivity contribution >= 4 is 16.7 Å². The maximum absolute atomic E-state index is 6.58. The molecule has 3 rings (SSSR count). The monoisotopic (exact) mass is 364 g/mol. The van der Waals surface area contributed by atoms with E-state index < -0.39 is 0 Å². The molecule has 0 atom stereocenters. The number of aromatic nitrogens is 4. The van der Waals surface area contributed by atoms with Gasteiger partial charge >= 0.3 is 0 Å². The average Bonchev–Trinajstić information content (AvgIpc) is 2.68. The fourth-order valence-electron chi connectivity index (χ4n) is 3.45. The molecule has 0 spiro atoms. The second-order valence-electron chi connectivity index (χ2n) is 7.78. The molecule has 0 fully saturated rings. The van der Waals surface area contributed by atoms with E-state index in [0.717, 1.165) is 41.5 Å². The van der Waals surface area contributed by atoms with Gasteiger partial charge in [0.2, 0.25) is 0 Å². The minimum Gasteiger partial charge on any atom is -0.364 e. The molecule has 0 amide bonds. The molecule has 3 N–H and O–H groups in total. The number of hydrogen-bond donors (Lipinski definition) is 2. The molecule has 0 bridgehead atoms. The van der Waals surface area contributed by atoms with Crippen molar-refractivity contribution in [1.82, 2.24) is 19.9 Å². The highest BCUT2D eigenvalue weighted by Crippen LogP contribution is 2.30. The average molecular weight is 364 g/mol. The lowest BCUT2D eigenvalue weighted by molar-refractivity contribution is 0.304. The first-order valence-electron chi connectivity index (χ1n) is 9.45. The lowest BCUT2D eigenvalue weighted by Crippen LogP contribution is -2.48. The van der Waals surface area contributed by atoms with Crippen LogP contribution in [0.3, 0.4) is 0 Å². The van der Waals surface area contributed by atoms with E-state index in [9.17, 15) is 0 Å². The van der Waals surface area contributed by atoms with E-state index in [4.69, 9.17) is 10.7 Å². The van der Waals surface area contributed by atoms with Crippen molar-refractivity contribution in [2.45, 2.75) is 58.0 Å². The number of nitrogens with zero attached hydrogens (tertiary/aromatic N) is 4. The van der Waals surface area contributed by atoms with Gasteiger partial charge in [0, 0.05) is 40.6 Å². The summed E-state index contributed by atoms with van der Waals surface area (Å²) in [5.74, 6) is 1.45. The van der Waals surface area contributed by atoms with Crippen LogP contribution in [0, 0.1) is 0 Å². The number of nitrogens with two attached hydrogens (primary N) is 1. The highest BCUT2D eigenvalue weighted by molar-refractivity contribution is 5.90. The molecule has 6 heteroatoms. The summed E-state index contributed by atoms with van der Waals surface area (Å²) in [4.78, 5) is 17.8. The number of rotatable bonds is 7. The minimum absolute atomic E-state index is 0.200. The van der Waals surface area contributed by atoms with E-state index in [0.29, 0.717) is 5.82 Å². The summed E-state index contributed by atoms with van der Waals surface area (Å²) < 4.78 is 0. The molecule has 6 nitrogen and oxygen atoms in total. The van der Waals surface area contributed by atoms with Crippen molar-refractivity contribution in [3.8, 4) is 11.4 Å². The SMILES string of the molecule is CCC(N)(CC)CC(C)(C)Nc1nc(-c2ccncc2)nc2cnccc12. The molecule has 0 saturated heterocycles. The Morgan fingerprint density at radius 3 is 2.30 bits per heavy atom. The molecule has 3 heterocycles. The van der Waals surface area contributed by atoms with Gasteiger partial charge in [-0.3, -0.25) is 9.97 Å². The Morgan fingerprint density at radius 1 is 0.963 bits per heavy atom. The standard InChI is InChI=1S/C21H28N6/c1-5-21(22,6-2)14-20(3,4)27-19-16-9-12-24-13-17(16)25-18(26-19)15-7-10-23-11-8-15/h7-13H,5-6,14,22H2,1-4H3,(H,25,26,27). The van der Waals surface area contributed by atoms with Gasteiger partial charge in [0.25, 0.3) is 0 Å². The van der Waals surface area contributed by atoms with Crippen LogP contribution in [-0.4, -0.2) is 31.0 Å². The molecule has 142 valence electrons. The van der Waals surface area contributed by atoms with Crippen LogP contribution >= 0.6 is 0 Å². The van der Waals surface area contributed by atoms with Crippen molar-refractivity contribution in [3.63, 3.8) is 0 Å². The van der Waals surface area contributed by atoms with E-state index in [1.807, 2.05) is 18.2 Å². The number of fused-ring (bicyclic) bond motifs is 1. The second kappa shape index (κ2) is 7.56. The molecular formula is C21H28N6. The molecule has 0 aliphatic rings. The van der Waals surface area contributed by atoms with E-state index in [1.165, 1.54) is 0 Å². The van der Waals surface area contributed by atoms with E-state index >= 15 is 0 Å². The first kappa shape index (κ1) is 19.2. The summed E-state index contributed by atoms with van der Waals surface area (Å²) in [5.41, 5.74) is 7.89. The third-order valence-corrected chi connectivity index (χ3v) is 5.10. The Morgan fingerprint density at radius 2 is 1.63 bits per heavy atom. The third-order valence-electron chi connectivity index (χ3n) is 5.10. The maximum Gasteiger partial charge on any atom is 0.162 e. The highest BCUT2D eigenvalue weighted by atomic mass is 15.1. The van der Waals surface area contributed by atoms with Gasteiger partial charge in [-0.2, -0.15) is 0 Å². The zero-order chi connectivity index (χ0) is 19.5. The lowest BCUT2D eigenvalue weighted by Gasteiger charge is -2.37. The van der Waals surface area contributed by atoms with Crippen LogP contribution in [0.4, 0.5) is 5.82 Å². The van der Waals surface area contributed by atoms with Crippen LogP contribution in [-0.2, 0) is 0 Å². The molecule has 0 aromatic carbocycles. The van der Waals surface area contributed by atoms with Crippen LogP contribution in [0.15, 0.2) is 43.0 Å². The predicted octanol–water partition coefficient (Wildman–Crippen LogP) is 4.18. The van der Waals surface area contributed by atoms with Gasteiger partial charge in [0.15, 0.2) is 5.82 Å². The van der Waals surface area contributed by atoms with Crippen molar-refractivity contribution in [2.75, 3.05) is 5.32 Å². The van der Waals surface area contributed by atoms with E-state index in [1.54, 1.807) is 24.8 Å². The first-order valence-corrected chi connectivity index (χ1v) is 9.45. The fraction of sp³-hybridized carbons (Fsp3) is 0.429. The van der Waals surface area contributed by atoms with Gasteiger partial charge in [-0.25, -0.2) is 9.97 Å². The number of nitrogens with one attached hydrogen (secondary N) is 1. The molecule has 0 saturated carbocycles. The Bertz CT molecular complexity index is 903. The van der Waals surface area contributed by atoms with Gasteiger partial charge in [-0.05, 0) is 51.3 Å². The van der Waals surface area contributed by atoms with Gasteiger partial charge < -0.3 is 11.1 Å². The van der Waals surface area contributed by atoms with Gasteiger partial charge in [-0.15, -0.1) is 0 Å². The summed E-state index contributed by atoms with van der Waals surface area (Å²) in [6, 6.07) is 5.76. The molecule has 0 aliphatic carbocycles. The zero-order valence-electron chi connectivity index (χ0n) is 16.5. The second-order valence-corrected chi connectivity index (χ2v) is 7.78. The summed E-state index contributed by atoms with van der Waals surface area (Å²) in [6.07, 6.45) is 9.74. The molecule has 0 radical (unpaired) electrons. The largest absolute Gasteiger partial charge is 0.364 e. The van der Waals surface area contributed by atoms with Crippen molar-refractivity contribution in [2.24, 2.45) is 5.73 Å². The molecule has 27 heavy (non-hydrogen) atoms. The van der Waals surface area contributed by atoms with Crippen LogP contribution in [0.1, 0.15) is 47.0 Å². The summed E-state index contributed by atoms with van der Waals surface area (Å²) >= 11 is 0. The van der Waals surface area contributed by atoms with Crippen molar-refractivity contribution in [3.05, 3.63) is 43.0 Å². The Kier molecular flexibility index (Phi) is 5.37. The Labute approximate surface area is 160 Å². The van der Waals surface area contributed by atoms with Crippen LogP contribution in [0.5, 0.6) is 0 Å². The summed E-state index contributed by atoms with van der Waals surface area (Å²) in [6.45, 7) is 8.63. The third kappa shape index (κ3) is 4.39. The molecule has 3 aromatic rings. The molecule has 3 aromatic heterocycles. The summed E-state index contributed by atoms with van der Waals surface area (Å²) in [7, 11) is 0. The van der Waals surface area contributed by atoms with Gasteiger partial charge in [0.05, 0.1) is 11.7 Å². The lowest BCUT2D eigenvalue weighted by atomic mass is 9.81. The Balaban J connectivity index is 2.02. The fourth-order valence-corrected chi connectivity index (χ4v) is 3.45. The van der Waals surface area contributed by atoms with Crippen molar-refractivity contribution < 1.29 is 0 Å². The zero-order valence-corrected chi connectivity index (χ0v) is 16.5. The van der Waals surface area contributed by atoms with E-state index in [2.05, 4.69) is 48.0 Å². The normalized spacial score (nSPS) is 12.3. The molecule has 0 unspecified atom stereocenters. The Hall–Kier alpha value is -2.60. The first-order chi connectivity index (χ1) is 12.9. The molecular weight excluding hydrogens is 336 g/mol. The van der Waals surface area contributed by atoms with Crippen LogP contribution < -0.4 is 11.1 Å². The van der Waals surface area contributed by atoms with Crippen LogP contribution in [0.25, 0.3) is 22.3 Å². The minimum atomic E-state index is -0.221. The van der Waals surface area contributed by atoms with Crippen LogP contribution in [0.2, 0.25) is 0 Å². The number of anilines is 1. The highest BCUT2D eigenvalue weighted by Gasteiger charge is 2.31. The number of hydrogen-bond acceptors (Lipinski definition) is 6. The maximum atomic E-state index is 6.58. The van der Waals surface area contributed by atoms with E-state index in [-0.39, 0.29) is 11.1 Å². The topological polar surface area (TPSA) is 89.6 Å². The number of pyridine rings is 2. The van der Waals surface area contributed by atoms with Crippen molar-refractivity contribution in [1.29, 1.82) is 0 Å². The predicted molar refractivity (Wildman–Crippen MR) is 110 cm³/mol. The quantitative estimate of drug-likeness (QED) is 0.653.